The number of amides is 1. The van der Waals surface area contributed by atoms with E-state index in [1.165, 1.54) is 0 Å². The second-order valence-corrected chi connectivity index (χ2v) is 6.05. The number of likely N-dealkylation sites (tertiary alicyclic amines) is 1. The monoisotopic (exact) mass is 345 g/mol. The van der Waals surface area contributed by atoms with Gasteiger partial charge in [-0.1, -0.05) is 11.6 Å². The first-order valence-electron chi connectivity index (χ1n) is 6.27. The molecule has 6 heteroatoms. The lowest BCUT2D eigenvalue weighted by molar-refractivity contribution is -0.117. The number of nitrogens with one attached hydrogen (secondary N) is 1. The van der Waals surface area contributed by atoms with Crippen molar-refractivity contribution in [3.63, 3.8) is 0 Å². The molecule has 1 fully saturated rings. The minimum Gasteiger partial charge on any atom is -0.328 e. The van der Waals surface area contributed by atoms with Crippen LogP contribution in [0, 0.1) is 0 Å². The zero-order valence-corrected chi connectivity index (χ0v) is 12.9. The van der Waals surface area contributed by atoms with E-state index in [0.717, 1.165) is 30.4 Å². The van der Waals surface area contributed by atoms with E-state index in [1.54, 1.807) is 6.07 Å². The fourth-order valence-corrected chi connectivity index (χ4v) is 2.52. The first kappa shape index (κ1) is 14.8. The molecule has 1 aliphatic heterocycles. The largest absolute Gasteiger partial charge is 0.328 e. The van der Waals surface area contributed by atoms with Gasteiger partial charge in [0.15, 0.2) is 0 Å². The van der Waals surface area contributed by atoms with Crippen LogP contribution in [0.4, 0.5) is 5.69 Å². The van der Waals surface area contributed by atoms with Crippen molar-refractivity contribution >= 4 is 39.1 Å². The fourth-order valence-electron chi connectivity index (χ4n) is 2.09. The highest BCUT2D eigenvalue weighted by atomic mass is 79.9. The van der Waals surface area contributed by atoms with Gasteiger partial charge in [0.1, 0.15) is 0 Å². The van der Waals surface area contributed by atoms with Gasteiger partial charge >= 0.3 is 0 Å². The van der Waals surface area contributed by atoms with Crippen molar-refractivity contribution in [3.8, 4) is 0 Å². The van der Waals surface area contributed by atoms with E-state index >= 15 is 0 Å². The lowest BCUT2D eigenvalue weighted by Crippen LogP contribution is -2.43. The van der Waals surface area contributed by atoms with Crippen LogP contribution in [0.15, 0.2) is 22.7 Å². The van der Waals surface area contributed by atoms with Crippen molar-refractivity contribution in [2.75, 3.05) is 25.0 Å². The average Bonchev–Trinajstić information content (AvgIpc) is 2.37. The molecule has 0 radical (unpaired) electrons. The summed E-state index contributed by atoms with van der Waals surface area (Å²) in [5.41, 5.74) is 6.55. The number of hydrogen-bond donors (Lipinski definition) is 2. The van der Waals surface area contributed by atoms with E-state index < -0.39 is 0 Å². The van der Waals surface area contributed by atoms with Gasteiger partial charge in [-0.25, -0.2) is 0 Å². The van der Waals surface area contributed by atoms with Crippen molar-refractivity contribution in [1.82, 2.24) is 4.90 Å². The van der Waals surface area contributed by atoms with Crippen LogP contribution in [0.25, 0.3) is 0 Å². The highest BCUT2D eigenvalue weighted by molar-refractivity contribution is 9.10. The molecule has 0 saturated carbocycles. The van der Waals surface area contributed by atoms with Crippen molar-refractivity contribution in [2.24, 2.45) is 5.73 Å². The zero-order chi connectivity index (χ0) is 13.8. The third kappa shape index (κ3) is 4.45. The first-order chi connectivity index (χ1) is 9.04. The average molecular weight is 347 g/mol. The Labute approximate surface area is 126 Å². The summed E-state index contributed by atoms with van der Waals surface area (Å²) >= 11 is 9.30. The van der Waals surface area contributed by atoms with Gasteiger partial charge in [0.05, 0.1) is 11.6 Å². The lowest BCUT2D eigenvalue weighted by atomic mass is 10.1. The number of halogens is 2. The first-order valence-corrected chi connectivity index (χ1v) is 7.44. The van der Waals surface area contributed by atoms with Crippen LogP contribution < -0.4 is 11.1 Å². The molecule has 4 nitrogen and oxygen atoms in total. The predicted octanol–water partition coefficient (Wildman–Crippen LogP) is 2.46. The maximum Gasteiger partial charge on any atom is 0.238 e. The zero-order valence-electron chi connectivity index (χ0n) is 10.5. The van der Waals surface area contributed by atoms with E-state index in [1.807, 2.05) is 12.1 Å². The second kappa shape index (κ2) is 6.70. The van der Waals surface area contributed by atoms with E-state index in [9.17, 15) is 4.79 Å². The predicted molar refractivity (Wildman–Crippen MR) is 81.4 cm³/mol. The van der Waals surface area contributed by atoms with Crippen LogP contribution >= 0.6 is 27.5 Å². The topological polar surface area (TPSA) is 58.4 Å². The molecule has 0 unspecified atom stereocenters. The summed E-state index contributed by atoms with van der Waals surface area (Å²) < 4.78 is 0.817. The molecule has 1 aromatic rings. The Morgan fingerprint density at radius 3 is 2.79 bits per heavy atom. The maximum absolute atomic E-state index is 11.9. The Bertz CT molecular complexity index is 461. The summed E-state index contributed by atoms with van der Waals surface area (Å²) in [6, 6.07) is 5.65. The molecule has 1 amide bonds. The van der Waals surface area contributed by atoms with Gasteiger partial charge in [-0.15, -0.1) is 0 Å². The molecule has 0 atom stereocenters. The van der Waals surface area contributed by atoms with Crippen LogP contribution in [-0.4, -0.2) is 36.5 Å². The van der Waals surface area contributed by atoms with Gasteiger partial charge in [0.25, 0.3) is 0 Å². The number of carbonyl (C=O) groups is 1. The molecular formula is C13H17BrClN3O. The Kier molecular flexibility index (Phi) is 5.21. The minimum atomic E-state index is -0.0196. The summed E-state index contributed by atoms with van der Waals surface area (Å²) in [6.07, 6.45) is 1.91. The molecule has 1 heterocycles. The van der Waals surface area contributed by atoms with Gasteiger partial charge in [0.2, 0.25) is 5.91 Å². The highest BCUT2D eigenvalue weighted by Crippen LogP contribution is 2.25. The number of piperidine rings is 1. The van der Waals surface area contributed by atoms with Crippen molar-refractivity contribution in [3.05, 3.63) is 27.7 Å². The van der Waals surface area contributed by atoms with Gasteiger partial charge < -0.3 is 11.1 Å². The maximum atomic E-state index is 11.9. The molecule has 19 heavy (non-hydrogen) atoms. The number of anilines is 1. The number of nitrogens with two attached hydrogens (primary N) is 1. The molecule has 1 aromatic carbocycles. The van der Waals surface area contributed by atoms with Crippen LogP contribution in [0.5, 0.6) is 0 Å². The number of hydrogen-bond acceptors (Lipinski definition) is 3. The SMILES string of the molecule is NC1CCN(CC(=O)Nc2ccc(Br)c(Cl)c2)CC1. The Hall–Kier alpha value is -0.620. The molecular weight excluding hydrogens is 330 g/mol. The van der Waals surface area contributed by atoms with Crippen LogP contribution in [-0.2, 0) is 4.79 Å². The Balaban J connectivity index is 1.85. The molecule has 1 saturated heterocycles. The summed E-state index contributed by atoms with van der Waals surface area (Å²) in [6.45, 7) is 2.17. The van der Waals surface area contributed by atoms with Crippen molar-refractivity contribution < 1.29 is 4.79 Å². The van der Waals surface area contributed by atoms with Crippen LogP contribution in [0.2, 0.25) is 5.02 Å². The summed E-state index contributed by atoms with van der Waals surface area (Å²) in [7, 11) is 0. The van der Waals surface area contributed by atoms with E-state index in [2.05, 4.69) is 26.1 Å². The number of benzene rings is 1. The quantitative estimate of drug-likeness (QED) is 0.884. The molecule has 3 N–H and O–H groups in total. The molecule has 0 aromatic heterocycles. The second-order valence-electron chi connectivity index (χ2n) is 4.79. The number of rotatable bonds is 3. The highest BCUT2D eigenvalue weighted by Gasteiger charge is 2.18. The van der Waals surface area contributed by atoms with E-state index in [-0.39, 0.29) is 11.9 Å². The number of carbonyl (C=O) groups excluding carboxylic acids is 1. The standard InChI is InChI=1S/C13H17BrClN3O/c14-11-2-1-10(7-12(11)15)17-13(19)8-18-5-3-9(16)4-6-18/h1-2,7,9H,3-6,8,16H2,(H,17,19). The third-order valence-electron chi connectivity index (χ3n) is 3.20. The minimum absolute atomic E-state index is 0.0196. The van der Waals surface area contributed by atoms with E-state index in [4.69, 9.17) is 17.3 Å². The lowest BCUT2D eigenvalue weighted by Gasteiger charge is -2.29. The van der Waals surface area contributed by atoms with Crippen molar-refractivity contribution in [2.45, 2.75) is 18.9 Å². The van der Waals surface area contributed by atoms with Crippen LogP contribution in [0.1, 0.15) is 12.8 Å². The van der Waals surface area contributed by atoms with Gasteiger partial charge in [-0.3, -0.25) is 9.69 Å². The van der Waals surface area contributed by atoms with E-state index in [0.29, 0.717) is 17.3 Å². The Morgan fingerprint density at radius 2 is 2.16 bits per heavy atom. The summed E-state index contributed by atoms with van der Waals surface area (Å²) in [4.78, 5) is 14.0. The molecule has 104 valence electrons. The van der Waals surface area contributed by atoms with Gasteiger partial charge in [0, 0.05) is 29.3 Å². The molecule has 0 aliphatic carbocycles. The normalized spacial score (nSPS) is 17.4. The number of nitrogens with zero attached hydrogens (tertiary/aromatic N) is 1. The molecule has 1 aliphatic rings. The molecule has 0 bridgehead atoms. The van der Waals surface area contributed by atoms with Crippen LogP contribution in [0.3, 0.4) is 0 Å². The summed E-state index contributed by atoms with van der Waals surface area (Å²) in [5.74, 6) is -0.0196. The van der Waals surface area contributed by atoms with Gasteiger partial charge in [-0.05, 0) is 47.0 Å². The molecule has 2 rings (SSSR count). The third-order valence-corrected chi connectivity index (χ3v) is 4.44. The van der Waals surface area contributed by atoms with Gasteiger partial charge in [-0.2, -0.15) is 0 Å². The smallest absolute Gasteiger partial charge is 0.238 e. The van der Waals surface area contributed by atoms with Crippen molar-refractivity contribution in [1.29, 1.82) is 0 Å². The Morgan fingerprint density at radius 1 is 1.47 bits per heavy atom. The summed E-state index contributed by atoms with van der Waals surface area (Å²) in [5, 5.41) is 3.44. The molecule has 0 spiro atoms. The fraction of sp³-hybridized carbons (Fsp3) is 0.462.